The fourth-order valence-electron chi connectivity index (χ4n) is 1.99. The highest BCUT2D eigenvalue weighted by atomic mass is 16.6. The molecular weight excluding hydrogens is 176 g/mol. The molecule has 0 fully saturated rings. The molecule has 3 heteroatoms. The molecule has 1 heterocycles. The maximum atomic E-state index is 5.28. The van der Waals surface area contributed by atoms with E-state index in [9.17, 15) is 0 Å². The molecule has 0 saturated carbocycles. The number of hydrogen-bond donors (Lipinski definition) is 2. The summed E-state index contributed by atoms with van der Waals surface area (Å²) >= 11 is 0. The molecule has 0 radical (unpaired) electrons. The third kappa shape index (κ3) is 1.57. The van der Waals surface area contributed by atoms with E-state index in [-0.39, 0.29) is 0 Å². The van der Waals surface area contributed by atoms with Crippen molar-refractivity contribution in [2.24, 2.45) is 5.90 Å². The van der Waals surface area contributed by atoms with Crippen LogP contribution in [0.1, 0.15) is 43.6 Å². The van der Waals surface area contributed by atoms with E-state index in [0.717, 1.165) is 12.1 Å². The quantitative estimate of drug-likeness (QED) is 0.708. The minimum atomic E-state index is -0.405. The molecule has 0 unspecified atom stereocenters. The minimum absolute atomic E-state index is 0.405. The maximum absolute atomic E-state index is 5.28. The van der Waals surface area contributed by atoms with Gasteiger partial charge in [-0.15, -0.1) is 0 Å². The van der Waals surface area contributed by atoms with Crippen molar-refractivity contribution in [3.63, 3.8) is 0 Å². The molecule has 3 nitrogen and oxygen atoms in total. The molecule has 0 atom stereocenters. The molecule has 3 N–H and O–H groups in total. The van der Waals surface area contributed by atoms with Crippen LogP contribution in [0.3, 0.4) is 0 Å². The van der Waals surface area contributed by atoms with Crippen molar-refractivity contribution in [1.82, 2.24) is 4.98 Å². The molecule has 1 aromatic rings. The molecule has 0 bridgehead atoms. The maximum Gasteiger partial charge on any atom is 0.123 e. The van der Waals surface area contributed by atoms with E-state index >= 15 is 0 Å². The molecule has 0 aliphatic heterocycles. The van der Waals surface area contributed by atoms with Gasteiger partial charge in [0, 0.05) is 11.4 Å². The summed E-state index contributed by atoms with van der Waals surface area (Å²) in [5.41, 5.74) is 3.50. The van der Waals surface area contributed by atoms with Gasteiger partial charge in [-0.05, 0) is 51.2 Å². The Labute approximate surface area is 84.6 Å². The zero-order valence-corrected chi connectivity index (χ0v) is 8.89. The van der Waals surface area contributed by atoms with E-state index in [1.165, 1.54) is 30.5 Å². The molecule has 0 saturated heterocycles. The summed E-state index contributed by atoms with van der Waals surface area (Å²) in [6, 6.07) is 2.20. The topological polar surface area (TPSA) is 51.0 Å². The van der Waals surface area contributed by atoms with Crippen LogP contribution in [0, 0.1) is 0 Å². The molecule has 1 aliphatic rings. The summed E-state index contributed by atoms with van der Waals surface area (Å²) in [4.78, 5) is 8.39. The van der Waals surface area contributed by atoms with Crippen LogP contribution in [0.25, 0.3) is 0 Å². The number of nitrogens with one attached hydrogen (secondary N) is 1. The number of fused-ring (bicyclic) bond motifs is 1. The predicted octanol–water partition coefficient (Wildman–Crippen LogP) is 2.02. The summed E-state index contributed by atoms with van der Waals surface area (Å²) in [5.74, 6) is 5.28. The molecule has 1 aromatic heterocycles. The van der Waals surface area contributed by atoms with Crippen molar-refractivity contribution in [3.8, 4) is 0 Å². The second-order valence-electron chi connectivity index (χ2n) is 4.52. The van der Waals surface area contributed by atoms with Gasteiger partial charge in [-0.2, -0.15) is 0 Å². The van der Waals surface area contributed by atoms with Gasteiger partial charge in [0.2, 0.25) is 0 Å². The van der Waals surface area contributed by atoms with Crippen molar-refractivity contribution in [2.75, 3.05) is 0 Å². The molecule has 0 spiro atoms. The first-order chi connectivity index (χ1) is 6.63. The van der Waals surface area contributed by atoms with Crippen LogP contribution < -0.4 is 5.90 Å². The summed E-state index contributed by atoms with van der Waals surface area (Å²) in [7, 11) is 0. The molecule has 2 rings (SSSR count). The van der Waals surface area contributed by atoms with Crippen molar-refractivity contribution >= 4 is 0 Å². The van der Waals surface area contributed by atoms with Gasteiger partial charge in [-0.1, -0.05) is 0 Å². The predicted molar refractivity (Wildman–Crippen MR) is 55.7 cm³/mol. The van der Waals surface area contributed by atoms with Crippen molar-refractivity contribution in [3.05, 3.63) is 23.0 Å². The van der Waals surface area contributed by atoms with Crippen LogP contribution in [0.5, 0.6) is 0 Å². The lowest BCUT2D eigenvalue weighted by atomic mass is 9.97. The third-order valence-corrected chi connectivity index (χ3v) is 3.06. The Morgan fingerprint density at radius 3 is 2.71 bits per heavy atom. The number of aromatic nitrogens is 1. The minimum Gasteiger partial charge on any atom is -0.360 e. The SMILES string of the molecule is CC(C)(ON)c1cc2c([nH]1)CCCC2. The van der Waals surface area contributed by atoms with Gasteiger partial charge in [0.05, 0.1) is 0 Å². The highest BCUT2D eigenvalue weighted by Crippen LogP contribution is 2.28. The average molecular weight is 194 g/mol. The van der Waals surface area contributed by atoms with Crippen molar-refractivity contribution in [1.29, 1.82) is 0 Å². The lowest BCUT2D eigenvalue weighted by Gasteiger charge is -2.20. The Morgan fingerprint density at radius 1 is 1.36 bits per heavy atom. The van der Waals surface area contributed by atoms with Crippen LogP contribution in [0.2, 0.25) is 0 Å². The molecule has 0 amide bonds. The second kappa shape index (κ2) is 3.41. The first-order valence-electron chi connectivity index (χ1n) is 5.22. The molecule has 0 aromatic carbocycles. The monoisotopic (exact) mass is 194 g/mol. The number of rotatable bonds is 2. The standard InChI is InChI=1S/C11H18N2O/c1-11(2,14-12)10-7-8-5-3-4-6-9(8)13-10/h7,13H,3-6,12H2,1-2H3. The Morgan fingerprint density at radius 2 is 2.07 bits per heavy atom. The highest BCUT2D eigenvalue weighted by Gasteiger charge is 2.24. The zero-order chi connectivity index (χ0) is 10.2. The van der Waals surface area contributed by atoms with Gasteiger partial charge in [0.25, 0.3) is 0 Å². The smallest absolute Gasteiger partial charge is 0.123 e. The fourth-order valence-corrected chi connectivity index (χ4v) is 1.99. The van der Waals surface area contributed by atoms with Crippen LogP contribution in [0.15, 0.2) is 6.07 Å². The van der Waals surface area contributed by atoms with E-state index in [1.807, 2.05) is 13.8 Å². The number of nitrogens with two attached hydrogens (primary N) is 1. The van der Waals surface area contributed by atoms with Gasteiger partial charge >= 0.3 is 0 Å². The molecular formula is C11H18N2O. The van der Waals surface area contributed by atoms with Crippen molar-refractivity contribution in [2.45, 2.75) is 45.1 Å². The van der Waals surface area contributed by atoms with E-state index in [4.69, 9.17) is 10.7 Å². The highest BCUT2D eigenvalue weighted by molar-refractivity contribution is 5.30. The van der Waals surface area contributed by atoms with Gasteiger partial charge in [-0.25, -0.2) is 5.90 Å². The van der Waals surface area contributed by atoms with Crippen LogP contribution in [0.4, 0.5) is 0 Å². The van der Waals surface area contributed by atoms with Crippen molar-refractivity contribution < 1.29 is 4.84 Å². The Hall–Kier alpha value is -0.800. The number of H-pyrrole nitrogens is 1. The summed E-state index contributed by atoms with van der Waals surface area (Å²) in [5, 5.41) is 0. The second-order valence-corrected chi connectivity index (χ2v) is 4.52. The average Bonchev–Trinajstić information content (AvgIpc) is 2.61. The first-order valence-corrected chi connectivity index (χ1v) is 5.22. The molecule has 14 heavy (non-hydrogen) atoms. The van der Waals surface area contributed by atoms with E-state index in [1.54, 1.807) is 0 Å². The lowest BCUT2D eigenvalue weighted by Crippen LogP contribution is -2.25. The number of aryl methyl sites for hydroxylation is 2. The Bertz CT molecular complexity index is 305. The number of hydrogen-bond acceptors (Lipinski definition) is 2. The normalized spacial score (nSPS) is 16.8. The summed E-state index contributed by atoms with van der Waals surface area (Å²) < 4.78 is 0. The molecule has 78 valence electrons. The molecule has 1 aliphatic carbocycles. The van der Waals surface area contributed by atoms with Gasteiger partial charge in [0.15, 0.2) is 0 Å². The van der Waals surface area contributed by atoms with E-state index in [2.05, 4.69) is 11.1 Å². The van der Waals surface area contributed by atoms with Gasteiger partial charge in [-0.3, -0.25) is 4.84 Å². The fraction of sp³-hybridized carbons (Fsp3) is 0.636. The Balaban J connectivity index is 2.32. The van der Waals surface area contributed by atoms with E-state index in [0.29, 0.717) is 0 Å². The summed E-state index contributed by atoms with van der Waals surface area (Å²) in [6.45, 7) is 3.95. The van der Waals surface area contributed by atoms with Crippen LogP contribution in [-0.4, -0.2) is 4.98 Å². The third-order valence-electron chi connectivity index (χ3n) is 3.06. The largest absolute Gasteiger partial charge is 0.360 e. The van der Waals surface area contributed by atoms with Gasteiger partial charge in [0.1, 0.15) is 5.60 Å². The van der Waals surface area contributed by atoms with E-state index < -0.39 is 5.60 Å². The van der Waals surface area contributed by atoms with Crippen LogP contribution in [-0.2, 0) is 23.3 Å². The number of aromatic amines is 1. The lowest BCUT2D eigenvalue weighted by molar-refractivity contribution is -0.0265. The van der Waals surface area contributed by atoms with Crippen LogP contribution >= 0.6 is 0 Å². The first kappa shape index (κ1) is 9.74. The zero-order valence-electron chi connectivity index (χ0n) is 8.89. The van der Waals surface area contributed by atoms with Gasteiger partial charge < -0.3 is 4.98 Å². The summed E-state index contributed by atoms with van der Waals surface area (Å²) in [6.07, 6.45) is 4.94. The Kier molecular flexibility index (Phi) is 2.37.